The maximum atomic E-state index is 5.35. The number of unbranched alkanes of at least 4 members (excludes halogenated alkanes) is 1. The minimum atomic E-state index is 0.663. The number of terminal acetylenes is 1. The molecule has 1 rings (SSSR count). The average molecular weight is 164 g/mol. The molecule has 0 fully saturated rings. The van der Waals surface area contributed by atoms with Gasteiger partial charge in [-0.05, 0) is 6.42 Å². The summed E-state index contributed by atoms with van der Waals surface area (Å²) in [5, 5.41) is 3.97. The minimum absolute atomic E-state index is 0.663. The third-order valence-corrected chi connectivity index (χ3v) is 1.42. The Hall–Kier alpha value is -1.43. The van der Waals surface area contributed by atoms with Gasteiger partial charge in [-0.25, -0.2) is 0 Å². The van der Waals surface area contributed by atoms with Crippen molar-refractivity contribution in [2.75, 3.05) is 6.61 Å². The molecule has 0 atom stereocenters. The second-order valence-corrected chi connectivity index (χ2v) is 2.51. The SMILES string of the molecule is C#CCCCOc1cnn(C)c1. The summed E-state index contributed by atoms with van der Waals surface area (Å²) in [6.07, 6.45) is 10.3. The number of ether oxygens (including phenoxy) is 1. The zero-order valence-electron chi connectivity index (χ0n) is 7.16. The molecule has 0 spiro atoms. The van der Waals surface area contributed by atoms with Gasteiger partial charge in [0.2, 0.25) is 0 Å². The fraction of sp³-hybridized carbons (Fsp3) is 0.444. The van der Waals surface area contributed by atoms with Crippen LogP contribution in [-0.4, -0.2) is 16.4 Å². The van der Waals surface area contributed by atoms with E-state index < -0.39 is 0 Å². The van der Waals surface area contributed by atoms with E-state index >= 15 is 0 Å². The highest BCUT2D eigenvalue weighted by molar-refractivity contribution is 5.11. The summed E-state index contributed by atoms with van der Waals surface area (Å²) in [5.74, 6) is 3.36. The van der Waals surface area contributed by atoms with Crippen molar-refractivity contribution >= 4 is 0 Å². The molecule has 0 radical (unpaired) electrons. The molecular weight excluding hydrogens is 152 g/mol. The van der Waals surface area contributed by atoms with Gasteiger partial charge in [0.05, 0.1) is 19.0 Å². The van der Waals surface area contributed by atoms with Crippen molar-refractivity contribution in [1.29, 1.82) is 0 Å². The molecule has 64 valence electrons. The van der Waals surface area contributed by atoms with Gasteiger partial charge in [0, 0.05) is 13.5 Å². The van der Waals surface area contributed by atoms with Crippen LogP contribution in [0.2, 0.25) is 0 Å². The molecule has 0 saturated heterocycles. The summed E-state index contributed by atoms with van der Waals surface area (Å²) in [4.78, 5) is 0. The molecule has 0 saturated carbocycles. The van der Waals surface area contributed by atoms with Gasteiger partial charge < -0.3 is 4.74 Å². The van der Waals surface area contributed by atoms with Crippen LogP contribution in [0.4, 0.5) is 0 Å². The molecule has 0 aliphatic rings. The lowest BCUT2D eigenvalue weighted by Crippen LogP contribution is -1.95. The Morgan fingerprint density at radius 1 is 1.75 bits per heavy atom. The Bertz CT molecular complexity index is 272. The predicted octanol–water partition coefficient (Wildman–Crippen LogP) is 1.21. The van der Waals surface area contributed by atoms with Gasteiger partial charge in [0.25, 0.3) is 0 Å². The van der Waals surface area contributed by atoms with Crippen molar-refractivity contribution in [3.05, 3.63) is 12.4 Å². The third kappa shape index (κ3) is 2.67. The van der Waals surface area contributed by atoms with Gasteiger partial charge in [0.1, 0.15) is 0 Å². The summed E-state index contributed by atoms with van der Waals surface area (Å²) in [5.41, 5.74) is 0. The Morgan fingerprint density at radius 2 is 2.58 bits per heavy atom. The van der Waals surface area contributed by atoms with Gasteiger partial charge in [-0.15, -0.1) is 12.3 Å². The highest BCUT2D eigenvalue weighted by atomic mass is 16.5. The zero-order chi connectivity index (χ0) is 8.81. The average Bonchev–Trinajstić information content (AvgIpc) is 2.45. The number of nitrogens with zero attached hydrogens (tertiary/aromatic N) is 2. The monoisotopic (exact) mass is 164 g/mol. The normalized spacial score (nSPS) is 9.33. The van der Waals surface area contributed by atoms with E-state index in [4.69, 9.17) is 11.2 Å². The number of rotatable bonds is 4. The first kappa shape index (κ1) is 8.66. The molecule has 1 aromatic rings. The molecule has 0 aliphatic heterocycles. The van der Waals surface area contributed by atoms with Gasteiger partial charge >= 0.3 is 0 Å². The Balaban J connectivity index is 2.21. The number of hydrogen-bond donors (Lipinski definition) is 0. The highest BCUT2D eigenvalue weighted by Crippen LogP contribution is 2.07. The van der Waals surface area contributed by atoms with Gasteiger partial charge in [-0.1, -0.05) is 0 Å². The molecule has 0 amide bonds. The molecular formula is C9H12N2O. The molecule has 0 aromatic carbocycles. The van der Waals surface area contributed by atoms with Crippen molar-refractivity contribution in [3.63, 3.8) is 0 Å². The first-order chi connectivity index (χ1) is 5.83. The van der Waals surface area contributed by atoms with Crippen molar-refractivity contribution in [3.8, 4) is 18.1 Å². The van der Waals surface area contributed by atoms with Crippen LogP contribution in [0.3, 0.4) is 0 Å². The maximum Gasteiger partial charge on any atom is 0.157 e. The molecule has 3 heteroatoms. The minimum Gasteiger partial charge on any atom is -0.490 e. The Kier molecular flexibility index (Phi) is 3.21. The van der Waals surface area contributed by atoms with Crippen LogP contribution in [0, 0.1) is 12.3 Å². The van der Waals surface area contributed by atoms with E-state index in [1.54, 1.807) is 10.9 Å². The summed E-state index contributed by atoms with van der Waals surface area (Å²) in [6.45, 7) is 0.663. The lowest BCUT2D eigenvalue weighted by atomic mass is 10.3. The molecule has 0 aliphatic carbocycles. The standard InChI is InChI=1S/C9H12N2O/c1-3-4-5-6-12-9-7-10-11(2)8-9/h1,7-8H,4-6H2,2H3. The first-order valence-corrected chi connectivity index (χ1v) is 3.88. The topological polar surface area (TPSA) is 27.1 Å². The van der Waals surface area contributed by atoms with Crippen molar-refractivity contribution < 1.29 is 4.74 Å². The largest absolute Gasteiger partial charge is 0.490 e. The quantitative estimate of drug-likeness (QED) is 0.494. The van der Waals surface area contributed by atoms with Crippen molar-refractivity contribution in [2.24, 2.45) is 7.05 Å². The van der Waals surface area contributed by atoms with E-state index in [0.29, 0.717) is 6.61 Å². The second kappa shape index (κ2) is 4.45. The lowest BCUT2D eigenvalue weighted by Gasteiger charge is -1.99. The summed E-state index contributed by atoms with van der Waals surface area (Å²) in [6, 6.07) is 0. The van der Waals surface area contributed by atoms with E-state index in [9.17, 15) is 0 Å². The van der Waals surface area contributed by atoms with Gasteiger partial charge in [0.15, 0.2) is 5.75 Å². The molecule has 0 bridgehead atoms. The zero-order valence-corrected chi connectivity index (χ0v) is 7.16. The molecule has 3 nitrogen and oxygen atoms in total. The lowest BCUT2D eigenvalue weighted by molar-refractivity contribution is 0.312. The third-order valence-electron chi connectivity index (χ3n) is 1.42. The molecule has 0 unspecified atom stereocenters. The van der Waals surface area contributed by atoms with Crippen LogP contribution in [0.1, 0.15) is 12.8 Å². The fourth-order valence-electron chi connectivity index (χ4n) is 0.838. The first-order valence-electron chi connectivity index (χ1n) is 3.88. The molecule has 1 aromatic heterocycles. The van der Waals surface area contributed by atoms with Crippen LogP contribution < -0.4 is 4.74 Å². The van der Waals surface area contributed by atoms with Crippen LogP contribution in [0.5, 0.6) is 5.75 Å². The molecule has 1 heterocycles. The van der Waals surface area contributed by atoms with E-state index in [2.05, 4.69) is 11.0 Å². The fourth-order valence-corrected chi connectivity index (χ4v) is 0.838. The summed E-state index contributed by atoms with van der Waals surface area (Å²) in [7, 11) is 1.86. The van der Waals surface area contributed by atoms with E-state index in [1.807, 2.05) is 13.2 Å². The van der Waals surface area contributed by atoms with E-state index in [-0.39, 0.29) is 0 Å². The van der Waals surface area contributed by atoms with Crippen molar-refractivity contribution in [2.45, 2.75) is 12.8 Å². The highest BCUT2D eigenvalue weighted by Gasteiger charge is 1.94. The smallest absolute Gasteiger partial charge is 0.157 e. The van der Waals surface area contributed by atoms with Crippen LogP contribution in [-0.2, 0) is 7.05 Å². The number of aryl methyl sites for hydroxylation is 1. The van der Waals surface area contributed by atoms with Crippen LogP contribution in [0.25, 0.3) is 0 Å². The molecule has 0 N–H and O–H groups in total. The second-order valence-electron chi connectivity index (χ2n) is 2.51. The van der Waals surface area contributed by atoms with E-state index in [0.717, 1.165) is 18.6 Å². The Morgan fingerprint density at radius 3 is 3.17 bits per heavy atom. The number of aromatic nitrogens is 2. The van der Waals surface area contributed by atoms with Gasteiger partial charge in [-0.3, -0.25) is 4.68 Å². The molecule has 12 heavy (non-hydrogen) atoms. The van der Waals surface area contributed by atoms with Crippen molar-refractivity contribution in [1.82, 2.24) is 9.78 Å². The number of hydrogen-bond acceptors (Lipinski definition) is 2. The Labute approximate surface area is 72.3 Å². The maximum absolute atomic E-state index is 5.35. The predicted molar refractivity (Wildman–Crippen MR) is 46.8 cm³/mol. The van der Waals surface area contributed by atoms with E-state index in [1.165, 1.54) is 0 Å². The van der Waals surface area contributed by atoms with Gasteiger partial charge in [-0.2, -0.15) is 5.10 Å². The summed E-state index contributed by atoms with van der Waals surface area (Å²) >= 11 is 0. The van der Waals surface area contributed by atoms with Crippen LogP contribution in [0.15, 0.2) is 12.4 Å². The van der Waals surface area contributed by atoms with Crippen LogP contribution >= 0.6 is 0 Å². The summed E-state index contributed by atoms with van der Waals surface area (Å²) < 4.78 is 7.05.